The summed E-state index contributed by atoms with van der Waals surface area (Å²) in [7, 11) is 0. The highest BCUT2D eigenvalue weighted by atomic mass is 14.8. The van der Waals surface area contributed by atoms with Crippen molar-refractivity contribution in [3.8, 4) is 0 Å². The van der Waals surface area contributed by atoms with Gasteiger partial charge in [-0.2, -0.15) is 0 Å². The Morgan fingerprint density at radius 2 is 0.577 bits per heavy atom. The second-order valence-electron chi connectivity index (χ2n) is 20.2. The highest BCUT2D eigenvalue weighted by Crippen LogP contribution is 2.16. The number of aromatic nitrogens is 16. The van der Waals surface area contributed by atoms with Crippen molar-refractivity contribution in [3.63, 3.8) is 0 Å². The van der Waals surface area contributed by atoms with E-state index in [1.165, 1.54) is 10.9 Å². The number of aryl methyl sites for hydroxylation is 8. The molecular weight excluding hydrogens is 1280 g/mol. The van der Waals surface area contributed by atoms with Gasteiger partial charge in [0.2, 0.25) is 0 Å². The molecule has 16 aromatic rings. The van der Waals surface area contributed by atoms with Gasteiger partial charge >= 0.3 is 0 Å². The first-order valence-electron chi connectivity index (χ1n) is 36.3. The van der Waals surface area contributed by atoms with Crippen molar-refractivity contribution in [3.05, 3.63) is 290 Å². The van der Waals surface area contributed by atoms with E-state index < -0.39 is 0 Å². The van der Waals surface area contributed by atoms with Gasteiger partial charge in [-0.1, -0.05) is 123 Å². The molecule has 0 saturated carbocycles. The summed E-state index contributed by atoms with van der Waals surface area (Å²) in [6.07, 6.45) is 30.6. The van der Waals surface area contributed by atoms with Crippen LogP contribution in [0.3, 0.4) is 0 Å². The monoisotopic (exact) mass is 1390 g/mol. The smallest absolute Gasteiger partial charge is 0.159 e. The molecule has 0 amide bonds. The minimum atomic E-state index is 0.818. The van der Waals surface area contributed by atoms with Gasteiger partial charge in [0.15, 0.2) is 11.3 Å². The van der Waals surface area contributed by atoms with Gasteiger partial charge in [0, 0.05) is 181 Å². The Labute approximate surface area is 620 Å². The van der Waals surface area contributed by atoms with Crippen molar-refractivity contribution in [2.24, 2.45) is 0 Å². The molecule has 0 N–H and O–H groups in total. The van der Waals surface area contributed by atoms with Crippen molar-refractivity contribution in [2.45, 2.75) is 166 Å². The second-order valence-corrected chi connectivity index (χ2v) is 20.2. The molecule has 0 unspecified atom stereocenters. The van der Waals surface area contributed by atoms with Crippen LogP contribution in [0.5, 0.6) is 0 Å². The lowest BCUT2D eigenvalue weighted by atomic mass is 10.2. The van der Waals surface area contributed by atoms with Crippen LogP contribution in [0.2, 0.25) is 0 Å². The Kier molecular flexibility index (Phi) is 48.0. The third-order valence-electron chi connectivity index (χ3n) is 13.0. The van der Waals surface area contributed by atoms with Crippen LogP contribution in [0.1, 0.15) is 156 Å². The molecule has 0 aliphatic carbocycles. The van der Waals surface area contributed by atoms with Gasteiger partial charge in [-0.25, -0.2) is 19.9 Å². The zero-order valence-corrected chi connectivity index (χ0v) is 66.2. The minimum Gasteiger partial charge on any atom is -0.264 e. The fraction of sp³-hybridized carbons (Fsp3) is 0.273. The predicted octanol–water partition coefficient (Wildman–Crippen LogP) is 23.7. The van der Waals surface area contributed by atoms with Crippen LogP contribution < -0.4 is 0 Å². The van der Waals surface area contributed by atoms with Crippen molar-refractivity contribution in [2.75, 3.05) is 0 Å². The zero-order chi connectivity index (χ0) is 77.5. The summed E-state index contributed by atoms with van der Waals surface area (Å²) >= 11 is 0. The summed E-state index contributed by atoms with van der Waals surface area (Å²) in [6, 6.07) is 45.9. The van der Waals surface area contributed by atoms with E-state index >= 15 is 0 Å². The van der Waals surface area contributed by atoms with Gasteiger partial charge in [-0.05, 0) is 194 Å². The van der Waals surface area contributed by atoms with Crippen LogP contribution in [0.25, 0.3) is 87.2 Å². The molecule has 0 aliphatic heterocycles. The Balaban J connectivity index is 0.000000578. The maximum absolute atomic E-state index is 4.34. The maximum Gasteiger partial charge on any atom is 0.159 e. The first kappa shape index (κ1) is 90.5. The topological polar surface area (TPSA) is 206 Å². The maximum atomic E-state index is 4.34. The molecule has 0 radical (unpaired) electrons. The number of fused-ring (bicyclic) bond motifs is 8. The van der Waals surface area contributed by atoms with Crippen LogP contribution in [-0.2, 0) is 0 Å². The molecular formula is C88H112N16. The fourth-order valence-electron chi connectivity index (χ4n) is 8.59. The highest BCUT2D eigenvalue weighted by molar-refractivity contribution is 5.83. The molecule has 0 atom stereocenters. The number of rotatable bonds is 0. The van der Waals surface area contributed by atoms with E-state index in [0.717, 1.165) is 122 Å². The average Bonchev–Trinajstić information content (AvgIpc) is 1.02. The summed E-state index contributed by atoms with van der Waals surface area (Å²) in [5, 5.41) is 11.3. The van der Waals surface area contributed by atoms with E-state index in [9.17, 15) is 0 Å². The normalized spacial score (nSPS) is 9.15. The lowest BCUT2D eigenvalue weighted by Crippen LogP contribution is -1.84. The van der Waals surface area contributed by atoms with Gasteiger partial charge in [0.05, 0.1) is 34.5 Å². The number of hydrogen-bond acceptors (Lipinski definition) is 16. The lowest BCUT2D eigenvalue weighted by molar-refractivity contribution is 1.20. The number of pyridine rings is 16. The summed E-state index contributed by atoms with van der Waals surface area (Å²) in [5.41, 5.74) is 14.0. The quantitative estimate of drug-likeness (QED) is 0.138. The summed E-state index contributed by atoms with van der Waals surface area (Å²) < 4.78 is 0. The molecule has 16 aromatic heterocycles. The Hall–Kier alpha value is -11.5. The van der Waals surface area contributed by atoms with Crippen LogP contribution in [0.4, 0.5) is 0 Å². The lowest BCUT2D eigenvalue weighted by Gasteiger charge is -1.95. The molecule has 0 fully saturated rings. The van der Waals surface area contributed by atoms with E-state index in [2.05, 4.69) is 97.9 Å². The molecule has 104 heavy (non-hydrogen) atoms. The molecule has 0 bridgehead atoms. The third kappa shape index (κ3) is 32.9. The van der Waals surface area contributed by atoms with E-state index in [4.69, 9.17) is 0 Å². The zero-order valence-electron chi connectivity index (χ0n) is 66.2. The third-order valence-corrected chi connectivity index (χ3v) is 13.0. The van der Waals surface area contributed by atoms with Crippen LogP contribution in [-0.4, -0.2) is 79.7 Å². The van der Waals surface area contributed by atoms with Gasteiger partial charge in [-0.15, -0.1) is 0 Å². The van der Waals surface area contributed by atoms with Gasteiger partial charge in [0.25, 0.3) is 0 Å². The van der Waals surface area contributed by atoms with Gasteiger partial charge in [-0.3, -0.25) is 59.8 Å². The Morgan fingerprint density at radius 3 is 1.19 bits per heavy atom. The first-order chi connectivity index (χ1) is 50.9. The average molecular weight is 1390 g/mol. The van der Waals surface area contributed by atoms with Gasteiger partial charge in [0.1, 0.15) is 0 Å². The molecule has 16 heteroatoms. The standard InChI is InChI=1S/8C9H8N2.8C2H6/c1-7-4-9-5-10-3-2-8(9)6-11-7;1-7-4-8-2-3-10-5-9(8)6-11-7;1-7-2-3-8-6-10-5-4-9(8)11-7;1-7-2-3-8-4-5-10-6-9(8)11-7;1-7-4-5-8-3-2-6-10-9(8)11-7;1-7-5-9-8(6-11-7)3-2-4-10-9;1-7-5-8-3-2-4-10-9(8)6-11-7;1-7-5-8-3-2-4-10-9(8)11-6-7;8*1-2/h8*2-6H,1H3;8*1-2H3. The van der Waals surface area contributed by atoms with E-state index in [-0.39, 0.29) is 0 Å². The summed E-state index contributed by atoms with van der Waals surface area (Å²) in [5.74, 6) is 0. The molecule has 16 nitrogen and oxygen atoms in total. The molecule has 16 rings (SSSR count). The second kappa shape index (κ2) is 55.2. The molecule has 0 aromatic carbocycles. The van der Waals surface area contributed by atoms with Crippen LogP contribution in [0.15, 0.2) is 245 Å². The number of nitrogens with zero attached hydrogens (tertiary/aromatic N) is 16. The Morgan fingerprint density at radius 1 is 0.183 bits per heavy atom. The van der Waals surface area contributed by atoms with Crippen LogP contribution in [0, 0.1) is 55.4 Å². The van der Waals surface area contributed by atoms with Crippen molar-refractivity contribution in [1.29, 1.82) is 0 Å². The predicted molar refractivity (Wildman–Crippen MR) is 445 cm³/mol. The van der Waals surface area contributed by atoms with Crippen molar-refractivity contribution < 1.29 is 0 Å². The molecule has 0 saturated heterocycles. The van der Waals surface area contributed by atoms with Gasteiger partial charge < -0.3 is 0 Å². The molecule has 16 heterocycles. The molecule has 0 aliphatic rings. The van der Waals surface area contributed by atoms with Crippen LogP contribution >= 0.6 is 0 Å². The van der Waals surface area contributed by atoms with Crippen molar-refractivity contribution >= 4 is 87.2 Å². The van der Waals surface area contributed by atoms with E-state index in [1.54, 1.807) is 62.0 Å². The SMILES string of the molecule is CC.CC.CC.CC.CC.CC.CC.CC.Cc1cc2cccnc2cn1.Cc1cc2ccncc2cn1.Cc1cc2cnccc2cn1.Cc1cc2ncccc2cn1.Cc1ccc2cccnc2n1.Cc1ccc2ccncc2n1.Cc1ccc2cnccc2n1.Cc1cnc2ncccc2c1. The fourth-order valence-corrected chi connectivity index (χ4v) is 8.59. The van der Waals surface area contributed by atoms with E-state index in [0.29, 0.717) is 0 Å². The minimum absolute atomic E-state index is 0.818. The summed E-state index contributed by atoms with van der Waals surface area (Å²) in [4.78, 5) is 66.4. The van der Waals surface area contributed by atoms with Crippen molar-refractivity contribution in [1.82, 2.24) is 79.7 Å². The highest BCUT2D eigenvalue weighted by Gasteiger charge is 1.99. The molecule has 544 valence electrons. The summed E-state index contributed by atoms with van der Waals surface area (Å²) in [6.45, 7) is 47.9. The number of hydrogen-bond donors (Lipinski definition) is 0. The van der Waals surface area contributed by atoms with E-state index in [1.807, 2.05) is 331 Å². The first-order valence-corrected chi connectivity index (χ1v) is 36.3. The molecule has 0 spiro atoms. The Bertz CT molecular complexity index is 3990. The largest absolute Gasteiger partial charge is 0.264 e.